The van der Waals surface area contributed by atoms with E-state index in [1.807, 2.05) is 41.2 Å². The number of aromatic nitrogens is 2. The quantitative estimate of drug-likeness (QED) is 0.514. The van der Waals surface area contributed by atoms with Crippen molar-refractivity contribution in [3.05, 3.63) is 78.1 Å². The van der Waals surface area contributed by atoms with Crippen molar-refractivity contribution >= 4 is 15.9 Å². The van der Waals surface area contributed by atoms with Crippen LogP contribution in [0.25, 0.3) is 0 Å². The average molecular weight is 429 g/mol. The molecule has 158 valence electrons. The van der Waals surface area contributed by atoms with Crippen molar-refractivity contribution < 1.29 is 17.9 Å². The van der Waals surface area contributed by atoms with Crippen LogP contribution in [0.5, 0.6) is 5.75 Å². The van der Waals surface area contributed by atoms with Crippen LogP contribution in [-0.4, -0.2) is 37.8 Å². The van der Waals surface area contributed by atoms with Crippen LogP contribution in [0.2, 0.25) is 0 Å². The first-order valence-corrected chi connectivity index (χ1v) is 10.9. The smallest absolute Gasteiger partial charge is 0.240 e. The summed E-state index contributed by atoms with van der Waals surface area (Å²) in [5.74, 6) is 0.336. The van der Waals surface area contributed by atoms with E-state index in [1.165, 1.54) is 19.2 Å². The molecule has 0 aliphatic heterocycles. The number of benzene rings is 2. The molecule has 1 aromatic heterocycles. The molecule has 0 aliphatic carbocycles. The molecule has 0 spiro atoms. The highest BCUT2D eigenvalue weighted by Gasteiger charge is 2.14. The molecule has 1 heterocycles. The first-order valence-electron chi connectivity index (χ1n) is 9.42. The minimum absolute atomic E-state index is 0.00906. The van der Waals surface area contributed by atoms with Gasteiger partial charge in [0.05, 0.1) is 18.6 Å². The SMILES string of the molecule is COc1ccc(S(=O)(=O)NCCC(=O)NCc2ccccc2Cn2cccn2)cc1. The van der Waals surface area contributed by atoms with Gasteiger partial charge in [0, 0.05) is 31.9 Å². The molecule has 0 bridgehead atoms. The number of amides is 1. The first-order chi connectivity index (χ1) is 14.5. The van der Waals surface area contributed by atoms with E-state index in [4.69, 9.17) is 4.74 Å². The molecule has 9 heteroatoms. The van der Waals surface area contributed by atoms with Gasteiger partial charge >= 0.3 is 0 Å². The lowest BCUT2D eigenvalue weighted by atomic mass is 10.1. The number of hydrogen-bond acceptors (Lipinski definition) is 5. The number of nitrogens with zero attached hydrogens (tertiary/aromatic N) is 2. The van der Waals surface area contributed by atoms with Crippen molar-refractivity contribution in [2.24, 2.45) is 0 Å². The Kier molecular flexibility index (Phi) is 7.21. The molecule has 2 aromatic carbocycles. The molecule has 1 amide bonds. The van der Waals surface area contributed by atoms with Gasteiger partial charge in [0.25, 0.3) is 0 Å². The lowest BCUT2D eigenvalue weighted by Crippen LogP contribution is -2.30. The summed E-state index contributed by atoms with van der Waals surface area (Å²) < 4.78 is 33.9. The molecule has 3 rings (SSSR count). The summed E-state index contributed by atoms with van der Waals surface area (Å²) in [7, 11) is -2.17. The maximum Gasteiger partial charge on any atom is 0.240 e. The van der Waals surface area contributed by atoms with E-state index in [2.05, 4.69) is 15.1 Å². The highest BCUT2D eigenvalue weighted by molar-refractivity contribution is 7.89. The van der Waals surface area contributed by atoms with Gasteiger partial charge in [-0.15, -0.1) is 0 Å². The topological polar surface area (TPSA) is 102 Å². The zero-order chi connectivity index (χ0) is 21.4. The zero-order valence-electron chi connectivity index (χ0n) is 16.6. The van der Waals surface area contributed by atoms with Crippen LogP contribution in [0.4, 0.5) is 0 Å². The van der Waals surface area contributed by atoms with Crippen molar-refractivity contribution in [1.82, 2.24) is 19.8 Å². The Balaban J connectivity index is 1.48. The lowest BCUT2D eigenvalue weighted by molar-refractivity contribution is -0.121. The molecular formula is C21H24N4O4S. The number of hydrogen-bond donors (Lipinski definition) is 2. The fourth-order valence-electron chi connectivity index (χ4n) is 2.87. The van der Waals surface area contributed by atoms with Gasteiger partial charge in [-0.25, -0.2) is 13.1 Å². The number of methoxy groups -OCH3 is 1. The van der Waals surface area contributed by atoms with Crippen molar-refractivity contribution in [1.29, 1.82) is 0 Å². The Morgan fingerprint density at radius 1 is 1.07 bits per heavy atom. The van der Waals surface area contributed by atoms with Crippen LogP contribution in [0, 0.1) is 0 Å². The van der Waals surface area contributed by atoms with Crippen molar-refractivity contribution in [3.63, 3.8) is 0 Å². The number of carbonyl (C=O) groups excluding carboxylic acids is 1. The zero-order valence-corrected chi connectivity index (χ0v) is 17.4. The van der Waals surface area contributed by atoms with Crippen LogP contribution in [0.15, 0.2) is 71.9 Å². The number of ether oxygens (including phenoxy) is 1. The maximum atomic E-state index is 12.3. The van der Waals surface area contributed by atoms with Gasteiger partial charge < -0.3 is 10.1 Å². The molecule has 0 atom stereocenters. The van der Waals surface area contributed by atoms with Gasteiger partial charge in [0.2, 0.25) is 15.9 Å². The largest absolute Gasteiger partial charge is 0.497 e. The molecule has 0 saturated carbocycles. The van der Waals surface area contributed by atoms with Crippen molar-refractivity contribution in [3.8, 4) is 5.75 Å². The van der Waals surface area contributed by atoms with E-state index < -0.39 is 10.0 Å². The number of carbonyl (C=O) groups is 1. The van der Waals surface area contributed by atoms with Crippen LogP contribution in [0.3, 0.4) is 0 Å². The fraction of sp³-hybridized carbons (Fsp3) is 0.238. The second kappa shape index (κ2) is 10.0. The van der Waals surface area contributed by atoms with Crippen molar-refractivity contribution in [2.75, 3.05) is 13.7 Å². The molecule has 0 radical (unpaired) electrons. The summed E-state index contributed by atoms with van der Waals surface area (Å²) in [5, 5.41) is 7.04. The Hall–Kier alpha value is -3.17. The minimum Gasteiger partial charge on any atom is -0.497 e. The van der Waals surface area contributed by atoms with Gasteiger partial charge in [-0.1, -0.05) is 24.3 Å². The average Bonchev–Trinajstić information content (AvgIpc) is 3.26. The molecule has 0 unspecified atom stereocenters. The normalized spacial score (nSPS) is 11.2. The Bertz CT molecular complexity index is 1060. The highest BCUT2D eigenvalue weighted by atomic mass is 32.2. The van der Waals surface area contributed by atoms with Gasteiger partial charge in [0.1, 0.15) is 5.75 Å². The molecule has 0 aliphatic rings. The second-order valence-electron chi connectivity index (χ2n) is 6.57. The number of nitrogens with one attached hydrogen (secondary N) is 2. The van der Waals surface area contributed by atoms with Gasteiger partial charge in [0.15, 0.2) is 0 Å². The van der Waals surface area contributed by atoms with E-state index in [-0.39, 0.29) is 23.8 Å². The van der Waals surface area contributed by atoms with Crippen molar-refractivity contribution in [2.45, 2.75) is 24.4 Å². The molecule has 8 nitrogen and oxygen atoms in total. The third-order valence-corrected chi connectivity index (χ3v) is 5.98. The Morgan fingerprint density at radius 3 is 2.47 bits per heavy atom. The predicted molar refractivity (Wildman–Crippen MR) is 112 cm³/mol. The summed E-state index contributed by atoms with van der Waals surface area (Å²) >= 11 is 0. The second-order valence-corrected chi connectivity index (χ2v) is 8.34. The number of sulfonamides is 1. The molecule has 3 aromatic rings. The molecule has 0 fully saturated rings. The monoisotopic (exact) mass is 428 g/mol. The molecule has 0 saturated heterocycles. The van der Waals surface area contributed by atoms with E-state index in [0.717, 1.165) is 11.1 Å². The van der Waals surface area contributed by atoms with Crippen LogP contribution in [-0.2, 0) is 27.9 Å². The standard InChI is InChI=1S/C21H24N4O4S/c1-29-19-7-9-20(10-8-19)30(27,28)24-13-11-21(26)22-15-17-5-2-3-6-18(17)16-25-14-4-12-23-25/h2-10,12,14,24H,11,13,15-16H2,1H3,(H,22,26). The van der Waals surface area contributed by atoms with E-state index in [1.54, 1.807) is 18.3 Å². The molecular weight excluding hydrogens is 404 g/mol. The summed E-state index contributed by atoms with van der Waals surface area (Å²) in [6.07, 6.45) is 3.64. The summed E-state index contributed by atoms with van der Waals surface area (Å²) in [4.78, 5) is 12.3. The summed E-state index contributed by atoms with van der Waals surface area (Å²) in [6, 6.07) is 15.7. The first kappa shape index (κ1) is 21.5. The molecule has 2 N–H and O–H groups in total. The van der Waals surface area contributed by atoms with Crippen LogP contribution < -0.4 is 14.8 Å². The lowest BCUT2D eigenvalue weighted by Gasteiger charge is -2.11. The van der Waals surface area contributed by atoms with Crippen LogP contribution >= 0.6 is 0 Å². The van der Waals surface area contributed by atoms with E-state index in [9.17, 15) is 13.2 Å². The molecule has 30 heavy (non-hydrogen) atoms. The van der Waals surface area contributed by atoms with Gasteiger partial charge in [-0.05, 0) is 41.5 Å². The minimum atomic E-state index is -3.68. The fourth-order valence-corrected chi connectivity index (χ4v) is 3.90. The third kappa shape index (κ3) is 5.91. The predicted octanol–water partition coefficient (Wildman–Crippen LogP) is 1.92. The summed E-state index contributed by atoms with van der Waals surface area (Å²) in [6.45, 7) is 0.983. The third-order valence-electron chi connectivity index (χ3n) is 4.50. The number of rotatable bonds is 10. The van der Waals surface area contributed by atoms with E-state index >= 15 is 0 Å². The maximum absolute atomic E-state index is 12.3. The summed E-state index contributed by atoms with van der Waals surface area (Å²) in [5.41, 5.74) is 2.04. The van der Waals surface area contributed by atoms with Crippen LogP contribution in [0.1, 0.15) is 17.5 Å². The highest BCUT2D eigenvalue weighted by Crippen LogP contribution is 2.15. The van der Waals surface area contributed by atoms with Gasteiger partial charge in [-0.2, -0.15) is 5.10 Å². The Labute approximate surface area is 175 Å². The Morgan fingerprint density at radius 2 is 1.80 bits per heavy atom. The van der Waals surface area contributed by atoms with E-state index in [0.29, 0.717) is 18.8 Å². The van der Waals surface area contributed by atoms with Gasteiger partial charge in [-0.3, -0.25) is 9.48 Å².